The van der Waals surface area contributed by atoms with Crippen molar-refractivity contribution >= 4 is 15.9 Å². The first-order valence-corrected chi connectivity index (χ1v) is 5.24. The lowest BCUT2D eigenvalue weighted by Crippen LogP contribution is -1.87. The second kappa shape index (κ2) is 5.61. The van der Waals surface area contributed by atoms with Gasteiger partial charge in [0.2, 0.25) is 0 Å². The van der Waals surface area contributed by atoms with Gasteiger partial charge in [0.1, 0.15) is 0 Å². The zero-order valence-corrected chi connectivity index (χ0v) is 9.63. The maximum absolute atomic E-state index is 3.77. The molecule has 0 aliphatic rings. The summed E-state index contributed by atoms with van der Waals surface area (Å²) in [6, 6.07) is 8.27. The van der Waals surface area contributed by atoms with Gasteiger partial charge in [-0.05, 0) is 29.7 Å². The molecule has 0 aliphatic heterocycles. The summed E-state index contributed by atoms with van der Waals surface area (Å²) in [5.41, 5.74) is 2.45. The summed E-state index contributed by atoms with van der Waals surface area (Å²) in [5, 5.41) is 0. The molecule has 1 aromatic carbocycles. The first-order valence-electron chi connectivity index (χ1n) is 4.44. The van der Waals surface area contributed by atoms with Crippen LogP contribution in [0.5, 0.6) is 0 Å². The standard InChI is InChI=1S/C13H13Br/c1-3-6-11(4-2)9-12-7-5-8-13(14)10-12/h3-8,10H,1-2,9H2/b11-6+. The minimum absolute atomic E-state index is 0.898. The summed E-state index contributed by atoms with van der Waals surface area (Å²) in [7, 11) is 0. The summed E-state index contributed by atoms with van der Waals surface area (Å²) < 4.78 is 1.11. The van der Waals surface area contributed by atoms with Crippen LogP contribution in [0, 0.1) is 0 Å². The topological polar surface area (TPSA) is 0 Å². The zero-order chi connectivity index (χ0) is 10.4. The predicted octanol–water partition coefficient (Wildman–Crippen LogP) is 4.29. The molecule has 0 fully saturated rings. The summed E-state index contributed by atoms with van der Waals surface area (Å²) in [4.78, 5) is 0. The van der Waals surface area contributed by atoms with E-state index in [9.17, 15) is 0 Å². The molecule has 0 nitrogen and oxygen atoms in total. The minimum Gasteiger partial charge on any atom is -0.0991 e. The minimum atomic E-state index is 0.898. The van der Waals surface area contributed by atoms with Crippen LogP contribution in [-0.2, 0) is 6.42 Å². The van der Waals surface area contributed by atoms with E-state index in [1.165, 1.54) is 11.1 Å². The zero-order valence-electron chi connectivity index (χ0n) is 8.04. The van der Waals surface area contributed by atoms with Crippen molar-refractivity contribution in [2.24, 2.45) is 0 Å². The normalized spacial score (nSPS) is 11.1. The summed E-state index contributed by atoms with van der Waals surface area (Å²) in [6.07, 6.45) is 6.53. The number of halogens is 1. The van der Waals surface area contributed by atoms with Crippen LogP contribution in [0.15, 0.2) is 65.7 Å². The van der Waals surface area contributed by atoms with Crippen LogP contribution in [0.3, 0.4) is 0 Å². The summed E-state index contributed by atoms with van der Waals surface area (Å²) >= 11 is 3.45. The molecular weight excluding hydrogens is 236 g/mol. The van der Waals surface area contributed by atoms with Gasteiger partial charge in [-0.25, -0.2) is 0 Å². The van der Waals surface area contributed by atoms with Crippen LogP contribution < -0.4 is 0 Å². The quantitative estimate of drug-likeness (QED) is 0.698. The predicted molar refractivity (Wildman–Crippen MR) is 66.3 cm³/mol. The van der Waals surface area contributed by atoms with E-state index in [-0.39, 0.29) is 0 Å². The van der Waals surface area contributed by atoms with Gasteiger partial charge < -0.3 is 0 Å². The summed E-state index contributed by atoms with van der Waals surface area (Å²) in [5.74, 6) is 0. The van der Waals surface area contributed by atoms with Crippen LogP contribution >= 0.6 is 15.9 Å². The fourth-order valence-corrected chi connectivity index (χ4v) is 1.68. The molecule has 0 unspecified atom stereocenters. The Morgan fingerprint density at radius 1 is 1.36 bits per heavy atom. The van der Waals surface area contributed by atoms with E-state index in [1.807, 2.05) is 24.3 Å². The maximum Gasteiger partial charge on any atom is 0.0178 e. The summed E-state index contributed by atoms with van der Waals surface area (Å²) in [6.45, 7) is 7.44. The van der Waals surface area contributed by atoms with E-state index in [0.29, 0.717) is 0 Å². The van der Waals surface area contributed by atoms with Gasteiger partial charge in [-0.15, -0.1) is 0 Å². The van der Waals surface area contributed by atoms with E-state index in [0.717, 1.165) is 10.9 Å². The van der Waals surface area contributed by atoms with E-state index in [1.54, 1.807) is 6.08 Å². The number of allylic oxidation sites excluding steroid dienone is 4. The first kappa shape index (κ1) is 11.0. The maximum atomic E-state index is 3.77. The van der Waals surface area contributed by atoms with E-state index in [4.69, 9.17) is 0 Å². The molecule has 0 saturated carbocycles. The molecule has 0 atom stereocenters. The Kier molecular flexibility index (Phi) is 4.41. The molecule has 0 aromatic heterocycles. The highest BCUT2D eigenvalue weighted by molar-refractivity contribution is 9.10. The van der Waals surface area contributed by atoms with Crippen molar-refractivity contribution in [3.63, 3.8) is 0 Å². The fraction of sp³-hybridized carbons (Fsp3) is 0.0769. The molecule has 0 bridgehead atoms. The molecule has 0 spiro atoms. The lowest BCUT2D eigenvalue weighted by atomic mass is 10.1. The number of benzene rings is 1. The molecule has 0 saturated heterocycles. The van der Waals surface area contributed by atoms with Crippen LogP contribution in [0.2, 0.25) is 0 Å². The Morgan fingerprint density at radius 3 is 2.71 bits per heavy atom. The number of rotatable bonds is 4. The molecular formula is C13H13Br. The van der Waals surface area contributed by atoms with E-state index >= 15 is 0 Å². The molecule has 0 heterocycles. The average molecular weight is 249 g/mol. The lowest BCUT2D eigenvalue weighted by Gasteiger charge is -2.02. The van der Waals surface area contributed by atoms with Gasteiger partial charge in [0.05, 0.1) is 0 Å². The third-order valence-electron chi connectivity index (χ3n) is 1.89. The Bertz CT molecular complexity index is 361. The largest absolute Gasteiger partial charge is 0.0991 e. The van der Waals surface area contributed by atoms with Crippen LogP contribution in [-0.4, -0.2) is 0 Å². The fourth-order valence-electron chi connectivity index (χ4n) is 1.23. The highest BCUT2D eigenvalue weighted by Gasteiger charge is 1.95. The van der Waals surface area contributed by atoms with Crippen molar-refractivity contribution in [2.45, 2.75) is 6.42 Å². The Morgan fingerprint density at radius 2 is 2.14 bits per heavy atom. The second-order valence-electron chi connectivity index (χ2n) is 2.99. The monoisotopic (exact) mass is 248 g/mol. The van der Waals surface area contributed by atoms with Crippen molar-refractivity contribution in [3.8, 4) is 0 Å². The molecule has 14 heavy (non-hydrogen) atoms. The van der Waals surface area contributed by atoms with Crippen LogP contribution in [0.4, 0.5) is 0 Å². The van der Waals surface area contributed by atoms with Gasteiger partial charge in [0, 0.05) is 4.47 Å². The number of hydrogen-bond acceptors (Lipinski definition) is 0. The molecule has 0 radical (unpaired) electrons. The molecule has 1 rings (SSSR count). The van der Waals surface area contributed by atoms with Crippen LogP contribution in [0.25, 0.3) is 0 Å². The first-order chi connectivity index (χ1) is 6.76. The van der Waals surface area contributed by atoms with Crippen molar-refractivity contribution in [3.05, 3.63) is 71.3 Å². The van der Waals surface area contributed by atoms with Crippen molar-refractivity contribution < 1.29 is 0 Å². The van der Waals surface area contributed by atoms with E-state index < -0.39 is 0 Å². The molecule has 1 aromatic rings. The van der Waals surface area contributed by atoms with Crippen molar-refractivity contribution in [1.29, 1.82) is 0 Å². The van der Waals surface area contributed by atoms with Gasteiger partial charge >= 0.3 is 0 Å². The highest BCUT2D eigenvalue weighted by atomic mass is 79.9. The molecule has 0 amide bonds. The highest BCUT2D eigenvalue weighted by Crippen LogP contribution is 2.15. The molecule has 72 valence electrons. The lowest BCUT2D eigenvalue weighted by molar-refractivity contribution is 1.19. The Hall–Kier alpha value is -1.08. The van der Waals surface area contributed by atoms with Gasteiger partial charge in [-0.2, -0.15) is 0 Å². The second-order valence-corrected chi connectivity index (χ2v) is 3.90. The van der Waals surface area contributed by atoms with E-state index in [2.05, 4.69) is 41.2 Å². The Balaban J connectivity index is 2.82. The Labute approximate surface area is 93.8 Å². The van der Waals surface area contributed by atoms with Crippen molar-refractivity contribution in [2.75, 3.05) is 0 Å². The van der Waals surface area contributed by atoms with Gasteiger partial charge in [0.25, 0.3) is 0 Å². The average Bonchev–Trinajstić information content (AvgIpc) is 2.17. The third-order valence-corrected chi connectivity index (χ3v) is 2.38. The van der Waals surface area contributed by atoms with Gasteiger partial charge in [0.15, 0.2) is 0 Å². The molecule has 0 aliphatic carbocycles. The van der Waals surface area contributed by atoms with Crippen LogP contribution in [0.1, 0.15) is 5.56 Å². The SMILES string of the molecule is C=C/C=C(\C=C)Cc1cccc(Br)c1. The molecule has 1 heteroatoms. The van der Waals surface area contributed by atoms with Gasteiger partial charge in [-0.3, -0.25) is 0 Å². The molecule has 0 N–H and O–H groups in total. The van der Waals surface area contributed by atoms with Gasteiger partial charge in [-0.1, -0.05) is 59.4 Å². The van der Waals surface area contributed by atoms with Crippen molar-refractivity contribution in [1.82, 2.24) is 0 Å². The third kappa shape index (κ3) is 3.35. The number of hydrogen-bond donors (Lipinski definition) is 0. The smallest absolute Gasteiger partial charge is 0.0178 e.